The van der Waals surface area contributed by atoms with Gasteiger partial charge < -0.3 is 4.90 Å². The molecule has 0 aliphatic heterocycles. The smallest absolute Gasteiger partial charge is 0.00299 e. The van der Waals surface area contributed by atoms with Gasteiger partial charge in [0.2, 0.25) is 0 Å². The number of nitrogens with zero attached hydrogens (tertiary/aromatic N) is 1. The Morgan fingerprint density at radius 1 is 0.933 bits per heavy atom. The maximum absolute atomic E-state index is 2.48. The lowest BCUT2D eigenvalue weighted by Gasteiger charge is -2.34. The Hall–Kier alpha value is -0.0400. The van der Waals surface area contributed by atoms with E-state index in [1.54, 1.807) is 0 Å². The lowest BCUT2D eigenvalue weighted by atomic mass is 9.86. The minimum absolute atomic E-state index is 0.412. The van der Waals surface area contributed by atoms with Crippen LogP contribution in [0.2, 0.25) is 0 Å². The quantitative estimate of drug-likeness (QED) is 0.640. The minimum atomic E-state index is 0.412. The summed E-state index contributed by atoms with van der Waals surface area (Å²) in [6, 6.07) is 0. The average Bonchev–Trinajstić information content (AvgIpc) is 1.95. The van der Waals surface area contributed by atoms with Crippen molar-refractivity contribution < 1.29 is 0 Å². The number of hydrogen-bond donors (Lipinski definition) is 0. The van der Waals surface area contributed by atoms with Gasteiger partial charge in [-0.15, -0.1) is 0 Å². The van der Waals surface area contributed by atoms with E-state index in [-0.39, 0.29) is 0 Å². The third-order valence-corrected chi connectivity index (χ3v) is 2.65. The van der Waals surface area contributed by atoms with Crippen LogP contribution in [0.5, 0.6) is 0 Å². The number of rotatable bonds is 6. The summed E-state index contributed by atoms with van der Waals surface area (Å²) in [5.74, 6) is 0. The van der Waals surface area contributed by atoms with E-state index in [0.29, 0.717) is 10.8 Å². The molecule has 0 aromatic rings. The monoisotopic (exact) mass is 213 g/mol. The van der Waals surface area contributed by atoms with Crippen molar-refractivity contribution in [3.8, 4) is 0 Å². The highest BCUT2D eigenvalue weighted by Gasteiger charge is 2.22. The molecule has 15 heavy (non-hydrogen) atoms. The van der Waals surface area contributed by atoms with Crippen molar-refractivity contribution >= 4 is 0 Å². The van der Waals surface area contributed by atoms with E-state index in [2.05, 4.69) is 53.5 Å². The van der Waals surface area contributed by atoms with Gasteiger partial charge in [0, 0.05) is 13.1 Å². The van der Waals surface area contributed by atoms with Crippen LogP contribution in [0.4, 0.5) is 0 Å². The predicted molar refractivity (Wildman–Crippen MR) is 70.3 cm³/mol. The van der Waals surface area contributed by atoms with Crippen molar-refractivity contribution in [2.75, 3.05) is 20.1 Å². The van der Waals surface area contributed by atoms with Crippen molar-refractivity contribution in [3.63, 3.8) is 0 Å². The Balaban J connectivity index is 3.98. The van der Waals surface area contributed by atoms with Crippen molar-refractivity contribution in [2.45, 2.75) is 60.8 Å². The molecule has 0 aromatic heterocycles. The molecule has 0 atom stereocenters. The van der Waals surface area contributed by atoms with E-state index in [0.717, 1.165) is 0 Å². The number of unbranched alkanes of at least 4 members (excludes halogenated alkanes) is 1. The maximum Gasteiger partial charge on any atom is 0.00299 e. The Kier molecular flexibility index (Phi) is 5.87. The van der Waals surface area contributed by atoms with Gasteiger partial charge in [0.25, 0.3) is 0 Å². The molecule has 92 valence electrons. The minimum Gasteiger partial charge on any atom is -0.305 e. The second kappa shape index (κ2) is 5.89. The Morgan fingerprint density at radius 3 is 1.87 bits per heavy atom. The summed E-state index contributed by atoms with van der Waals surface area (Å²) in [5.41, 5.74) is 0.881. The summed E-state index contributed by atoms with van der Waals surface area (Å²) < 4.78 is 0. The summed E-state index contributed by atoms with van der Waals surface area (Å²) in [5, 5.41) is 0. The fourth-order valence-corrected chi connectivity index (χ4v) is 2.33. The highest BCUT2D eigenvalue weighted by Crippen LogP contribution is 2.25. The van der Waals surface area contributed by atoms with E-state index >= 15 is 0 Å². The van der Waals surface area contributed by atoms with Gasteiger partial charge in [0.15, 0.2) is 0 Å². The zero-order chi connectivity index (χ0) is 12.1. The van der Waals surface area contributed by atoms with Crippen molar-refractivity contribution in [2.24, 2.45) is 10.8 Å². The second-order valence-electron chi connectivity index (χ2n) is 7.00. The fourth-order valence-electron chi connectivity index (χ4n) is 2.33. The lowest BCUT2D eigenvalue weighted by Crippen LogP contribution is -2.36. The molecule has 0 saturated heterocycles. The van der Waals surface area contributed by atoms with E-state index < -0.39 is 0 Å². The lowest BCUT2D eigenvalue weighted by molar-refractivity contribution is 0.152. The molecule has 0 aromatic carbocycles. The van der Waals surface area contributed by atoms with E-state index in [9.17, 15) is 0 Å². The molecule has 0 bridgehead atoms. The first-order valence-electron chi connectivity index (χ1n) is 6.35. The van der Waals surface area contributed by atoms with Crippen LogP contribution in [0.25, 0.3) is 0 Å². The second-order valence-corrected chi connectivity index (χ2v) is 7.00. The first kappa shape index (κ1) is 15.0. The summed E-state index contributed by atoms with van der Waals surface area (Å²) in [7, 11) is 2.25. The van der Waals surface area contributed by atoms with Gasteiger partial charge in [-0.2, -0.15) is 0 Å². The van der Waals surface area contributed by atoms with Gasteiger partial charge in [0.1, 0.15) is 0 Å². The molecule has 0 radical (unpaired) electrons. The molecule has 0 rings (SSSR count). The zero-order valence-corrected chi connectivity index (χ0v) is 12.0. The molecule has 1 nitrogen and oxygen atoms in total. The molecule has 0 saturated carbocycles. The molecule has 0 aliphatic rings. The zero-order valence-electron chi connectivity index (χ0n) is 12.0. The molecular formula is C14H31N. The van der Waals surface area contributed by atoms with Gasteiger partial charge in [-0.25, -0.2) is 0 Å². The molecular weight excluding hydrogens is 182 g/mol. The summed E-state index contributed by atoms with van der Waals surface area (Å²) in [6.07, 6.45) is 4.01. The van der Waals surface area contributed by atoms with Crippen LogP contribution in [0.1, 0.15) is 60.8 Å². The molecule has 0 heterocycles. The SMILES string of the molecule is CCCCC(C)(C)CN(C)CC(C)(C)C. The topological polar surface area (TPSA) is 3.24 Å². The molecule has 0 aliphatic carbocycles. The molecule has 0 spiro atoms. The van der Waals surface area contributed by atoms with Gasteiger partial charge in [0.05, 0.1) is 0 Å². The van der Waals surface area contributed by atoms with Gasteiger partial charge in [-0.05, 0) is 24.3 Å². The first-order chi connectivity index (χ1) is 6.66. The Bertz CT molecular complexity index is 165. The number of hydrogen-bond acceptors (Lipinski definition) is 1. The van der Waals surface area contributed by atoms with E-state index in [4.69, 9.17) is 0 Å². The van der Waals surface area contributed by atoms with Crippen LogP contribution < -0.4 is 0 Å². The standard InChI is InChI=1S/C14H31N/c1-8-9-10-14(5,6)12-15(7)11-13(2,3)4/h8-12H2,1-7H3. The fraction of sp³-hybridized carbons (Fsp3) is 1.00. The highest BCUT2D eigenvalue weighted by molar-refractivity contribution is 4.75. The Morgan fingerprint density at radius 2 is 1.47 bits per heavy atom. The van der Waals surface area contributed by atoms with Crippen LogP contribution in [0.15, 0.2) is 0 Å². The van der Waals surface area contributed by atoms with Gasteiger partial charge in [-0.3, -0.25) is 0 Å². The van der Waals surface area contributed by atoms with Gasteiger partial charge in [-0.1, -0.05) is 54.4 Å². The van der Waals surface area contributed by atoms with Crippen LogP contribution in [0.3, 0.4) is 0 Å². The van der Waals surface area contributed by atoms with Crippen molar-refractivity contribution in [1.82, 2.24) is 4.90 Å². The van der Waals surface area contributed by atoms with Crippen molar-refractivity contribution in [1.29, 1.82) is 0 Å². The van der Waals surface area contributed by atoms with Crippen LogP contribution in [-0.2, 0) is 0 Å². The largest absolute Gasteiger partial charge is 0.305 e. The first-order valence-corrected chi connectivity index (χ1v) is 6.35. The highest BCUT2D eigenvalue weighted by atomic mass is 15.1. The van der Waals surface area contributed by atoms with Crippen LogP contribution in [-0.4, -0.2) is 25.0 Å². The van der Waals surface area contributed by atoms with Crippen LogP contribution >= 0.6 is 0 Å². The summed E-state index contributed by atoms with van der Waals surface area (Å²) in [4.78, 5) is 2.48. The third-order valence-electron chi connectivity index (χ3n) is 2.65. The molecule has 1 heteroatoms. The third kappa shape index (κ3) is 8.92. The normalized spacial score (nSPS) is 13.6. The van der Waals surface area contributed by atoms with E-state index in [1.807, 2.05) is 0 Å². The average molecular weight is 213 g/mol. The molecule has 0 unspecified atom stereocenters. The van der Waals surface area contributed by atoms with Crippen LogP contribution in [0, 0.1) is 10.8 Å². The van der Waals surface area contributed by atoms with Gasteiger partial charge >= 0.3 is 0 Å². The summed E-state index contributed by atoms with van der Waals surface area (Å²) in [6.45, 7) is 16.4. The molecule has 0 N–H and O–H groups in total. The summed E-state index contributed by atoms with van der Waals surface area (Å²) >= 11 is 0. The molecule has 0 fully saturated rings. The Labute approximate surface area is 97.2 Å². The molecule has 0 amide bonds. The maximum atomic E-state index is 2.48. The van der Waals surface area contributed by atoms with E-state index in [1.165, 1.54) is 32.4 Å². The predicted octanol–water partition coefficient (Wildman–Crippen LogP) is 4.18. The van der Waals surface area contributed by atoms with Crippen molar-refractivity contribution in [3.05, 3.63) is 0 Å².